The minimum Gasteiger partial charge on any atom is -0.388 e. The Kier molecular flexibility index (Phi) is 5.26. The van der Waals surface area contributed by atoms with Gasteiger partial charge in [0, 0.05) is 24.9 Å². The van der Waals surface area contributed by atoms with Crippen LogP contribution in [0.4, 0.5) is 0 Å². The first-order chi connectivity index (χ1) is 11.7. The van der Waals surface area contributed by atoms with Crippen LogP contribution in [-0.2, 0) is 11.2 Å². The third-order valence-corrected chi connectivity index (χ3v) is 4.78. The van der Waals surface area contributed by atoms with E-state index in [0.29, 0.717) is 13.0 Å². The second kappa shape index (κ2) is 7.58. The molecule has 4 nitrogen and oxygen atoms in total. The molecule has 0 saturated heterocycles. The third kappa shape index (κ3) is 4.20. The van der Waals surface area contributed by atoms with Crippen LogP contribution in [0.15, 0.2) is 54.7 Å². The normalized spacial score (nSPS) is 17.4. The number of aliphatic hydroxyl groups is 1. The van der Waals surface area contributed by atoms with E-state index in [4.69, 9.17) is 0 Å². The van der Waals surface area contributed by atoms with Gasteiger partial charge < -0.3 is 10.4 Å². The van der Waals surface area contributed by atoms with Crippen molar-refractivity contribution in [3.8, 4) is 0 Å². The first-order valence-corrected chi connectivity index (χ1v) is 8.61. The molecule has 1 aliphatic rings. The molecule has 126 valence electrons. The first kappa shape index (κ1) is 16.7. The second-order valence-corrected chi connectivity index (χ2v) is 6.64. The van der Waals surface area contributed by atoms with Gasteiger partial charge in [-0.2, -0.15) is 0 Å². The number of carbonyl (C=O) groups excluding carboxylic acids is 1. The number of nitrogens with zero attached hydrogens (tertiary/aromatic N) is 1. The van der Waals surface area contributed by atoms with Gasteiger partial charge in [0.15, 0.2) is 0 Å². The maximum atomic E-state index is 12.8. The Labute approximate surface area is 142 Å². The van der Waals surface area contributed by atoms with E-state index in [9.17, 15) is 9.90 Å². The van der Waals surface area contributed by atoms with Gasteiger partial charge in [0.05, 0.1) is 11.5 Å². The molecule has 1 atom stereocenters. The van der Waals surface area contributed by atoms with Crippen LogP contribution in [0, 0.1) is 0 Å². The smallest absolute Gasteiger partial charge is 0.228 e. The number of hydrogen-bond donors (Lipinski definition) is 2. The van der Waals surface area contributed by atoms with Gasteiger partial charge in [-0.3, -0.25) is 9.78 Å². The lowest BCUT2D eigenvalue weighted by molar-refractivity contribution is -0.123. The predicted octanol–water partition coefficient (Wildman–Crippen LogP) is 2.83. The summed E-state index contributed by atoms with van der Waals surface area (Å²) in [5.74, 6) is -0.349. The van der Waals surface area contributed by atoms with Crippen LogP contribution < -0.4 is 5.32 Å². The minimum atomic E-state index is -0.734. The van der Waals surface area contributed by atoms with Crippen molar-refractivity contribution in [3.05, 3.63) is 66.0 Å². The van der Waals surface area contributed by atoms with Crippen molar-refractivity contribution in [2.45, 2.75) is 43.6 Å². The molecule has 1 amide bonds. The molecular weight excluding hydrogens is 300 g/mol. The molecule has 1 aromatic heterocycles. The molecule has 4 heteroatoms. The van der Waals surface area contributed by atoms with Gasteiger partial charge in [0.2, 0.25) is 5.91 Å². The van der Waals surface area contributed by atoms with Crippen molar-refractivity contribution in [1.82, 2.24) is 10.3 Å². The highest BCUT2D eigenvalue weighted by Crippen LogP contribution is 2.29. The summed E-state index contributed by atoms with van der Waals surface area (Å²) in [6, 6.07) is 15.5. The van der Waals surface area contributed by atoms with Gasteiger partial charge in [-0.25, -0.2) is 0 Å². The Balaban J connectivity index is 1.72. The highest BCUT2D eigenvalue weighted by atomic mass is 16.3. The predicted molar refractivity (Wildman–Crippen MR) is 93.6 cm³/mol. The molecule has 1 heterocycles. The van der Waals surface area contributed by atoms with Crippen LogP contribution in [-0.4, -0.2) is 28.1 Å². The van der Waals surface area contributed by atoms with Gasteiger partial charge in [0.1, 0.15) is 0 Å². The van der Waals surface area contributed by atoms with Crippen molar-refractivity contribution in [1.29, 1.82) is 0 Å². The summed E-state index contributed by atoms with van der Waals surface area (Å²) in [5.41, 5.74) is 1.13. The molecular formula is C20H24N2O2. The number of nitrogens with one attached hydrogen (secondary N) is 1. The monoisotopic (exact) mass is 324 g/mol. The van der Waals surface area contributed by atoms with Crippen molar-refractivity contribution >= 4 is 5.91 Å². The molecule has 0 bridgehead atoms. The summed E-state index contributed by atoms with van der Waals surface area (Å²) in [6.07, 6.45) is 5.89. The van der Waals surface area contributed by atoms with Gasteiger partial charge in [0.25, 0.3) is 0 Å². The molecule has 1 fully saturated rings. The maximum absolute atomic E-state index is 12.8. The molecule has 1 aromatic carbocycles. The van der Waals surface area contributed by atoms with E-state index in [1.807, 2.05) is 48.5 Å². The molecule has 0 aliphatic heterocycles. The number of hydrogen-bond acceptors (Lipinski definition) is 3. The van der Waals surface area contributed by atoms with Crippen molar-refractivity contribution in [2.75, 3.05) is 6.54 Å². The lowest BCUT2D eigenvalue weighted by atomic mass is 9.92. The Hall–Kier alpha value is -2.20. The quantitative estimate of drug-likeness (QED) is 0.859. The number of pyridine rings is 1. The largest absolute Gasteiger partial charge is 0.388 e. The summed E-state index contributed by atoms with van der Waals surface area (Å²) >= 11 is 0. The van der Waals surface area contributed by atoms with E-state index in [1.165, 1.54) is 0 Å². The first-order valence-electron chi connectivity index (χ1n) is 8.61. The lowest BCUT2D eigenvalue weighted by Gasteiger charge is -2.24. The average Bonchev–Trinajstić information content (AvgIpc) is 3.06. The number of benzene rings is 1. The summed E-state index contributed by atoms with van der Waals surface area (Å²) in [6.45, 7) is 0.331. The van der Waals surface area contributed by atoms with E-state index >= 15 is 0 Å². The zero-order valence-corrected chi connectivity index (χ0v) is 13.8. The van der Waals surface area contributed by atoms with Crippen LogP contribution in [0.25, 0.3) is 0 Å². The molecule has 3 rings (SSSR count). The third-order valence-electron chi connectivity index (χ3n) is 4.78. The van der Waals surface area contributed by atoms with E-state index in [-0.39, 0.29) is 11.8 Å². The molecule has 0 spiro atoms. The van der Waals surface area contributed by atoms with Crippen LogP contribution >= 0.6 is 0 Å². The fourth-order valence-electron chi connectivity index (χ4n) is 3.36. The van der Waals surface area contributed by atoms with Crippen LogP contribution in [0.1, 0.15) is 42.9 Å². The highest BCUT2D eigenvalue weighted by Gasteiger charge is 2.32. The van der Waals surface area contributed by atoms with Gasteiger partial charge in [-0.1, -0.05) is 49.2 Å². The molecule has 1 aliphatic carbocycles. The zero-order chi connectivity index (χ0) is 16.8. The van der Waals surface area contributed by atoms with Gasteiger partial charge >= 0.3 is 0 Å². The van der Waals surface area contributed by atoms with E-state index < -0.39 is 5.60 Å². The number of carbonyl (C=O) groups is 1. The van der Waals surface area contributed by atoms with E-state index in [2.05, 4.69) is 10.3 Å². The fraction of sp³-hybridized carbons (Fsp3) is 0.400. The Morgan fingerprint density at radius 3 is 2.50 bits per heavy atom. The van der Waals surface area contributed by atoms with Crippen LogP contribution in [0.3, 0.4) is 0 Å². The standard InChI is InChI=1S/C20H24N2O2/c23-19(22-15-20(24)11-5-6-12-20)18(16-8-2-1-3-9-16)14-17-10-4-7-13-21-17/h1-4,7-10,13,18,24H,5-6,11-12,14-15H2,(H,22,23). The Morgan fingerprint density at radius 2 is 1.83 bits per heavy atom. The number of amides is 1. The topological polar surface area (TPSA) is 62.2 Å². The highest BCUT2D eigenvalue weighted by molar-refractivity contribution is 5.84. The summed E-state index contributed by atoms with van der Waals surface area (Å²) in [5, 5.41) is 13.4. The van der Waals surface area contributed by atoms with E-state index in [1.54, 1.807) is 6.20 Å². The van der Waals surface area contributed by atoms with Crippen LogP contribution in [0.5, 0.6) is 0 Å². The molecule has 1 unspecified atom stereocenters. The van der Waals surface area contributed by atoms with Crippen molar-refractivity contribution in [2.24, 2.45) is 0 Å². The van der Waals surface area contributed by atoms with Crippen molar-refractivity contribution < 1.29 is 9.90 Å². The molecule has 24 heavy (non-hydrogen) atoms. The summed E-state index contributed by atoms with van der Waals surface area (Å²) in [4.78, 5) is 17.1. The lowest BCUT2D eigenvalue weighted by Crippen LogP contribution is -2.42. The zero-order valence-electron chi connectivity index (χ0n) is 13.8. The molecule has 2 aromatic rings. The fourth-order valence-corrected chi connectivity index (χ4v) is 3.36. The van der Waals surface area contributed by atoms with Crippen LogP contribution in [0.2, 0.25) is 0 Å². The van der Waals surface area contributed by atoms with Crippen molar-refractivity contribution in [3.63, 3.8) is 0 Å². The Bertz CT molecular complexity index is 652. The maximum Gasteiger partial charge on any atom is 0.228 e. The van der Waals surface area contributed by atoms with Gasteiger partial charge in [-0.15, -0.1) is 0 Å². The minimum absolute atomic E-state index is 0.0489. The average molecular weight is 324 g/mol. The van der Waals surface area contributed by atoms with E-state index in [0.717, 1.165) is 36.9 Å². The number of rotatable bonds is 6. The summed E-state index contributed by atoms with van der Waals surface area (Å²) in [7, 11) is 0. The second-order valence-electron chi connectivity index (χ2n) is 6.64. The Morgan fingerprint density at radius 1 is 1.12 bits per heavy atom. The van der Waals surface area contributed by atoms with Gasteiger partial charge in [-0.05, 0) is 30.5 Å². The molecule has 0 radical (unpaired) electrons. The molecule has 1 saturated carbocycles. The SMILES string of the molecule is O=C(NCC1(O)CCCC1)C(Cc1ccccn1)c1ccccc1. The summed E-state index contributed by atoms with van der Waals surface area (Å²) < 4.78 is 0. The molecule has 2 N–H and O–H groups in total. The number of aromatic nitrogens is 1.